The Morgan fingerprint density at radius 1 is 1.09 bits per heavy atom. The van der Waals surface area contributed by atoms with E-state index in [1.807, 2.05) is 6.92 Å². The molecule has 0 spiro atoms. The third-order valence-corrected chi connectivity index (χ3v) is 6.78. The Morgan fingerprint density at radius 2 is 1.74 bits per heavy atom. The first-order chi connectivity index (χ1) is 16.5. The minimum absolute atomic E-state index is 0.00873. The monoisotopic (exact) mass is 529 g/mol. The van der Waals surface area contributed by atoms with Gasteiger partial charge in [0, 0.05) is 13.1 Å². The van der Waals surface area contributed by atoms with Crippen LogP contribution in [0.1, 0.15) is 38.7 Å². The van der Waals surface area contributed by atoms with Crippen molar-refractivity contribution in [3.63, 3.8) is 0 Å². The number of rotatable bonds is 12. The second-order valence-corrected chi connectivity index (χ2v) is 10.4. The van der Waals surface area contributed by atoms with Gasteiger partial charge in [-0.15, -0.1) is 0 Å². The van der Waals surface area contributed by atoms with Gasteiger partial charge in [-0.3, -0.25) is 13.9 Å². The van der Waals surface area contributed by atoms with Crippen molar-refractivity contribution in [3.05, 3.63) is 64.7 Å². The summed E-state index contributed by atoms with van der Waals surface area (Å²) in [5, 5.41) is 2.51. The average Bonchev–Trinajstić information content (AvgIpc) is 2.80. The molecule has 1 unspecified atom stereocenters. The smallest absolute Gasteiger partial charge is 0.244 e. The zero-order chi connectivity index (χ0) is 26.2. The summed E-state index contributed by atoms with van der Waals surface area (Å²) in [6.45, 7) is 3.48. The molecule has 0 aromatic heterocycles. The van der Waals surface area contributed by atoms with Crippen LogP contribution in [0.4, 0.5) is 14.5 Å². The molecule has 0 fully saturated rings. The predicted molar refractivity (Wildman–Crippen MR) is 133 cm³/mol. The summed E-state index contributed by atoms with van der Waals surface area (Å²) in [6.07, 6.45) is 2.82. The number of nitrogens with zero attached hydrogens (tertiary/aromatic N) is 2. The number of carbonyl (C=O) groups is 2. The van der Waals surface area contributed by atoms with Crippen molar-refractivity contribution < 1.29 is 26.8 Å². The molecule has 0 aliphatic carbocycles. The van der Waals surface area contributed by atoms with Gasteiger partial charge in [-0.2, -0.15) is 0 Å². The third kappa shape index (κ3) is 8.17. The summed E-state index contributed by atoms with van der Waals surface area (Å²) in [4.78, 5) is 27.7. The molecule has 1 atom stereocenters. The maximum atomic E-state index is 13.6. The molecular weight excluding hydrogens is 500 g/mol. The molecule has 35 heavy (non-hydrogen) atoms. The first-order valence-corrected chi connectivity index (χ1v) is 13.4. The fourth-order valence-corrected chi connectivity index (χ4v) is 4.48. The van der Waals surface area contributed by atoms with Gasteiger partial charge in [-0.05, 0) is 48.7 Å². The highest BCUT2D eigenvalue weighted by Crippen LogP contribution is 2.25. The molecule has 2 aromatic carbocycles. The topological polar surface area (TPSA) is 86.8 Å². The normalized spacial score (nSPS) is 12.2. The number of benzene rings is 2. The highest BCUT2D eigenvalue weighted by molar-refractivity contribution is 7.92. The fourth-order valence-electron chi connectivity index (χ4n) is 3.47. The van der Waals surface area contributed by atoms with Crippen LogP contribution in [-0.4, -0.2) is 50.5 Å². The number of unbranched alkanes of at least 4 members (excludes halogenated alkanes) is 1. The van der Waals surface area contributed by atoms with Gasteiger partial charge >= 0.3 is 0 Å². The molecule has 1 N–H and O–H groups in total. The average molecular weight is 530 g/mol. The summed E-state index contributed by atoms with van der Waals surface area (Å²) in [5.74, 6) is -2.21. The lowest BCUT2D eigenvalue weighted by molar-refractivity contribution is -0.140. The van der Waals surface area contributed by atoms with Gasteiger partial charge < -0.3 is 10.2 Å². The van der Waals surface area contributed by atoms with Crippen molar-refractivity contribution in [2.45, 2.75) is 45.7 Å². The summed E-state index contributed by atoms with van der Waals surface area (Å²) < 4.78 is 52.9. The number of anilines is 1. The number of hydrogen-bond donors (Lipinski definition) is 1. The van der Waals surface area contributed by atoms with Crippen molar-refractivity contribution in [1.29, 1.82) is 0 Å². The largest absolute Gasteiger partial charge is 0.354 e. The maximum absolute atomic E-state index is 13.6. The second kappa shape index (κ2) is 12.8. The van der Waals surface area contributed by atoms with Crippen molar-refractivity contribution in [3.8, 4) is 0 Å². The van der Waals surface area contributed by atoms with Crippen LogP contribution in [0.3, 0.4) is 0 Å². The Bertz CT molecular complexity index is 1130. The quantitative estimate of drug-likeness (QED) is 0.419. The van der Waals surface area contributed by atoms with Gasteiger partial charge in [0.2, 0.25) is 21.8 Å². The van der Waals surface area contributed by atoms with E-state index in [0.717, 1.165) is 35.5 Å². The molecule has 0 saturated carbocycles. The fraction of sp³-hybridized carbons (Fsp3) is 0.417. The van der Waals surface area contributed by atoms with Crippen LogP contribution in [0.15, 0.2) is 42.5 Å². The summed E-state index contributed by atoms with van der Waals surface area (Å²) >= 11 is 5.83. The van der Waals surface area contributed by atoms with Crippen molar-refractivity contribution in [2.75, 3.05) is 23.7 Å². The van der Waals surface area contributed by atoms with E-state index in [4.69, 9.17) is 11.6 Å². The lowest BCUT2D eigenvalue weighted by Gasteiger charge is -2.33. The van der Waals surface area contributed by atoms with Crippen LogP contribution in [0.25, 0.3) is 0 Å². The zero-order valence-electron chi connectivity index (χ0n) is 19.9. The molecule has 2 amide bonds. The number of halogens is 3. The standard InChI is InChI=1S/C24H30ClF2N3O4S/c1-4-6-13-28-24(32)22(5-2)29(15-17-7-9-18(26)10-8-17)23(31)16-30(35(3,33)34)19-11-12-21(27)20(25)14-19/h7-12,14,22H,4-6,13,15-16H2,1-3H3,(H,28,32). The van der Waals surface area contributed by atoms with Gasteiger partial charge in [-0.1, -0.05) is 44.0 Å². The Labute approximate surface area is 210 Å². The van der Waals surface area contributed by atoms with Gasteiger partial charge in [0.25, 0.3) is 0 Å². The Kier molecular flexibility index (Phi) is 10.5. The number of nitrogens with one attached hydrogen (secondary N) is 1. The Morgan fingerprint density at radius 3 is 2.29 bits per heavy atom. The SMILES string of the molecule is CCCCNC(=O)C(CC)N(Cc1ccc(F)cc1)C(=O)CN(c1ccc(F)c(Cl)c1)S(C)(=O)=O. The van der Waals surface area contributed by atoms with Crippen LogP contribution in [-0.2, 0) is 26.2 Å². The molecular formula is C24H30ClF2N3O4S. The van der Waals surface area contributed by atoms with Crippen molar-refractivity contribution in [1.82, 2.24) is 10.2 Å². The third-order valence-electron chi connectivity index (χ3n) is 5.35. The molecule has 0 saturated heterocycles. The van der Waals surface area contributed by atoms with Crippen LogP contribution in [0.2, 0.25) is 5.02 Å². The lowest BCUT2D eigenvalue weighted by atomic mass is 10.1. The maximum Gasteiger partial charge on any atom is 0.244 e. The molecule has 11 heteroatoms. The molecule has 2 rings (SSSR count). The number of hydrogen-bond acceptors (Lipinski definition) is 4. The van der Waals surface area contributed by atoms with Crippen molar-refractivity contribution in [2.24, 2.45) is 0 Å². The Balaban J connectivity index is 2.41. The van der Waals surface area contributed by atoms with E-state index in [1.54, 1.807) is 6.92 Å². The lowest BCUT2D eigenvalue weighted by Crippen LogP contribution is -2.52. The van der Waals surface area contributed by atoms with E-state index >= 15 is 0 Å². The molecule has 2 aromatic rings. The molecule has 0 aliphatic heterocycles. The molecule has 0 heterocycles. The molecule has 192 valence electrons. The highest BCUT2D eigenvalue weighted by Gasteiger charge is 2.31. The van der Waals surface area contributed by atoms with Crippen LogP contribution in [0.5, 0.6) is 0 Å². The molecule has 7 nitrogen and oxygen atoms in total. The molecule has 0 aliphatic rings. The van der Waals surface area contributed by atoms with E-state index in [1.165, 1.54) is 35.2 Å². The van der Waals surface area contributed by atoms with E-state index in [-0.39, 0.29) is 29.6 Å². The van der Waals surface area contributed by atoms with E-state index in [9.17, 15) is 26.8 Å². The van der Waals surface area contributed by atoms with Crippen LogP contribution < -0.4 is 9.62 Å². The summed E-state index contributed by atoms with van der Waals surface area (Å²) in [7, 11) is -3.97. The van der Waals surface area contributed by atoms with Crippen LogP contribution in [0, 0.1) is 11.6 Å². The predicted octanol–water partition coefficient (Wildman–Crippen LogP) is 4.11. The zero-order valence-corrected chi connectivity index (χ0v) is 21.5. The Hall–Kier alpha value is -2.72. The summed E-state index contributed by atoms with van der Waals surface area (Å²) in [5.41, 5.74) is 0.574. The summed E-state index contributed by atoms with van der Waals surface area (Å²) in [6, 6.07) is 7.90. The molecule has 0 radical (unpaired) electrons. The molecule has 0 bridgehead atoms. The van der Waals surface area contributed by atoms with Gasteiger partial charge in [0.15, 0.2) is 0 Å². The van der Waals surface area contributed by atoms with Crippen LogP contribution >= 0.6 is 11.6 Å². The van der Waals surface area contributed by atoms with E-state index < -0.39 is 40.2 Å². The minimum atomic E-state index is -3.97. The van der Waals surface area contributed by atoms with Gasteiger partial charge in [0.05, 0.1) is 17.0 Å². The van der Waals surface area contributed by atoms with E-state index in [0.29, 0.717) is 12.1 Å². The number of carbonyl (C=O) groups excluding carboxylic acids is 2. The minimum Gasteiger partial charge on any atom is -0.354 e. The highest BCUT2D eigenvalue weighted by atomic mass is 35.5. The van der Waals surface area contributed by atoms with Crippen molar-refractivity contribution >= 4 is 39.1 Å². The second-order valence-electron chi connectivity index (χ2n) is 8.08. The number of sulfonamides is 1. The van der Waals surface area contributed by atoms with E-state index in [2.05, 4.69) is 5.32 Å². The van der Waals surface area contributed by atoms with Gasteiger partial charge in [-0.25, -0.2) is 17.2 Å². The first-order valence-electron chi connectivity index (χ1n) is 11.2. The van der Waals surface area contributed by atoms with Gasteiger partial charge in [0.1, 0.15) is 24.2 Å². The first kappa shape index (κ1) is 28.5. The number of amides is 2.